The number of ether oxygens (including phenoxy) is 2. The highest BCUT2D eigenvalue weighted by Gasteiger charge is 2.46. The summed E-state index contributed by atoms with van der Waals surface area (Å²) in [6.45, 7) is 11.5. The lowest BCUT2D eigenvalue weighted by atomic mass is 9.75. The van der Waals surface area contributed by atoms with E-state index in [9.17, 15) is 5.11 Å². The number of hydrogen-bond donors (Lipinski definition) is 1. The Balaban J connectivity index is 1.92. The van der Waals surface area contributed by atoms with E-state index in [1.807, 2.05) is 13.8 Å². The molecule has 2 aliphatic rings. The van der Waals surface area contributed by atoms with Crippen molar-refractivity contribution in [2.24, 2.45) is 0 Å². The van der Waals surface area contributed by atoms with Crippen LogP contribution in [0.1, 0.15) is 90.2 Å². The summed E-state index contributed by atoms with van der Waals surface area (Å²) < 4.78 is 12.2. The van der Waals surface area contributed by atoms with Crippen molar-refractivity contribution in [1.82, 2.24) is 0 Å². The summed E-state index contributed by atoms with van der Waals surface area (Å²) in [5, 5.41) is 10.7. The molecule has 0 saturated heterocycles. The van der Waals surface area contributed by atoms with E-state index in [-0.39, 0.29) is 11.3 Å². The van der Waals surface area contributed by atoms with Gasteiger partial charge in [-0.1, -0.05) is 46.5 Å². The molecule has 0 amide bonds. The molecule has 140 valence electrons. The molecule has 1 N–H and O–H groups in total. The second-order valence-electron chi connectivity index (χ2n) is 8.97. The van der Waals surface area contributed by atoms with Crippen LogP contribution in [0.2, 0.25) is 0 Å². The molecule has 2 aliphatic heterocycles. The number of aliphatic hydroxyl groups is 1. The van der Waals surface area contributed by atoms with Gasteiger partial charge in [0.05, 0.1) is 6.61 Å². The van der Waals surface area contributed by atoms with E-state index >= 15 is 0 Å². The third-order valence-corrected chi connectivity index (χ3v) is 6.06. The summed E-state index contributed by atoms with van der Waals surface area (Å²) in [5.41, 5.74) is 1.89. The molecule has 1 aromatic rings. The third kappa shape index (κ3) is 3.53. The van der Waals surface area contributed by atoms with Gasteiger partial charge in [-0.15, -0.1) is 0 Å². The maximum Gasteiger partial charge on any atom is 0.130 e. The van der Waals surface area contributed by atoms with E-state index in [0.29, 0.717) is 6.61 Å². The van der Waals surface area contributed by atoms with Crippen LogP contribution < -0.4 is 9.47 Å². The Morgan fingerprint density at radius 1 is 1.16 bits per heavy atom. The molecule has 1 aromatic carbocycles. The lowest BCUT2D eigenvalue weighted by molar-refractivity contribution is -0.0656. The molecule has 3 heteroatoms. The molecule has 0 spiro atoms. The highest BCUT2D eigenvalue weighted by atomic mass is 16.5. The maximum atomic E-state index is 10.7. The van der Waals surface area contributed by atoms with Crippen molar-refractivity contribution >= 4 is 0 Å². The number of hydrogen-bond acceptors (Lipinski definition) is 3. The van der Waals surface area contributed by atoms with Gasteiger partial charge in [0.25, 0.3) is 0 Å². The zero-order valence-electron chi connectivity index (χ0n) is 16.5. The van der Waals surface area contributed by atoms with Crippen LogP contribution in [0.3, 0.4) is 0 Å². The molecule has 0 saturated carbocycles. The van der Waals surface area contributed by atoms with Crippen molar-refractivity contribution < 1.29 is 14.6 Å². The second kappa shape index (κ2) is 6.83. The highest BCUT2D eigenvalue weighted by Crippen LogP contribution is 2.51. The average Bonchev–Trinajstić information content (AvgIpc) is 2.56. The molecular formula is C22H34O3. The molecular weight excluding hydrogens is 312 g/mol. The zero-order valence-corrected chi connectivity index (χ0v) is 16.5. The predicted octanol–water partition coefficient (Wildman–Crippen LogP) is 5.33. The predicted molar refractivity (Wildman–Crippen MR) is 102 cm³/mol. The van der Waals surface area contributed by atoms with E-state index in [1.165, 1.54) is 37.7 Å². The Morgan fingerprint density at radius 2 is 1.88 bits per heavy atom. The summed E-state index contributed by atoms with van der Waals surface area (Å²) in [4.78, 5) is 0. The van der Waals surface area contributed by atoms with Crippen LogP contribution in [0.15, 0.2) is 12.1 Å². The van der Waals surface area contributed by atoms with Gasteiger partial charge >= 0.3 is 0 Å². The summed E-state index contributed by atoms with van der Waals surface area (Å²) in [6, 6.07) is 4.40. The Labute approximate surface area is 152 Å². The van der Waals surface area contributed by atoms with Gasteiger partial charge in [-0.2, -0.15) is 0 Å². The van der Waals surface area contributed by atoms with Crippen LogP contribution in [0, 0.1) is 0 Å². The first-order valence-corrected chi connectivity index (χ1v) is 9.94. The normalized spacial score (nSPS) is 24.2. The molecule has 25 heavy (non-hydrogen) atoms. The summed E-state index contributed by atoms with van der Waals surface area (Å²) in [6.07, 6.45) is 6.66. The van der Waals surface area contributed by atoms with Gasteiger partial charge in [0, 0.05) is 11.5 Å². The van der Waals surface area contributed by atoms with Crippen molar-refractivity contribution in [3.63, 3.8) is 0 Å². The van der Waals surface area contributed by atoms with Crippen LogP contribution >= 0.6 is 0 Å². The SMILES string of the molecule is CCCCCCC(C)(C)c1cc2c3c(c1)OC(C)(C)C(O)C3CCO2. The molecule has 0 radical (unpaired) electrons. The first kappa shape index (κ1) is 18.6. The van der Waals surface area contributed by atoms with Gasteiger partial charge < -0.3 is 14.6 Å². The average molecular weight is 347 g/mol. The molecule has 3 nitrogen and oxygen atoms in total. The van der Waals surface area contributed by atoms with Crippen LogP contribution in [0.25, 0.3) is 0 Å². The fraction of sp³-hybridized carbons (Fsp3) is 0.727. The monoisotopic (exact) mass is 346 g/mol. The largest absolute Gasteiger partial charge is 0.493 e. The molecule has 2 unspecified atom stereocenters. The van der Waals surface area contributed by atoms with Crippen molar-refractivity contribution in [3.8, 4) is 11.5 Å². The van der Waals surface area contributed by atoms with E-state index in [4.69, 9.17) is 9.47 Å². The second-order valence-corrected chi connectivity index (χ2v) is 8.97. The first-order chi connectivity index (χ1) is 11.8. The lowest BCUT2D eigenvalue weighted by Crippen LogP contribution is -2.50. The van der Waals surface area contributed by atoms with Crippen molar-refractivity contribution in [3.05, 3.63) is 23.3 Å². The third-order valence-electron chi connectivity index (χ3n) is 6.06. The minimum absolute atomic E-state index is 0.0964. The van der Waals surface area contributed by atoms with Crippen LogP contribution in [-0.4, -0.2) is 23.4 Å². The molecule has 0 fully saturated rings. The van der Waals surface area contributed by atoms with Crippen molar-refractivity contribution in [1.29, 1.82) is 0 Å². The molecule has 3 rings (SSSR count). The molecule has 2 atom stereocenters. The van der Waals surface area contributed by atoms with Gasteiger partial charge in [-0.3, -0.25) is 0 Å². The zero-order chi connectivity index (χ0) is 18.2. The van der Waals surface area contributed by atoms with Gasteiger partial charge in [0.1, 0.15) is 23.2 Å². The van der Waals surface area contributed by atoms with E-state index in [0.717, 1.165) is 23.5 Å². The van der Waals surface area contributed by atoms with Gasteiger partial charge in [-0.05, 0) is 49.8 Å². The summed E-state index contributed by atoms with van der Waals surface area (Å²) in [7, 11) is 0. The summed E-state index contributed by atoms with van der Waals surface area (Å²) >= 11 is 0. The topological polar surface area (TPSA) is 38.7 Å². The number of aliphatic hydroxyl groups excluding tert-OH is 1. The van der Waals surface area contributed by atoms with E-state index in [1.54, 1.807) is 0 Å². The number of rotatable bonds is 6. The van der Waals surface area contributed by atoms with Gasteiger partial charge in [0.2, 0.25) is 0 Å². The molecule has 0 aliphatic carbocycles. The number of benzene rings is 1. The maximum absolute atomic E-state index is 10.7. The Hall–Kier alpha value is -1.22. The minimum atomic E-state index is -0.559. The molecule has 0 bridgehead atoms. The number of unbranched alkanes of at least 4 members (excludes halogenated alkanes) is 3. The van der Waals surface area contributed by atoms with E-state index < -0.39 is 11.7 Å². The quantitative estimate of drug-likeness (QED) is 0.707. The van der Waals surface area contributed by atoms with Crippen LogP contribution in [0.4, 0.5) is 0 Å². The minimum Gasteiger partial charge on any atom is -0.493 e. The smallest absolute Gasteiger partial charge is 0.130 e. The molecule has 2 heterocycles. The fourth-order valence-corrected chi connectivity index (χ4v) is 4.28. The standard InChI is InChI=1S/C22H34O3/c1-6-7-8-9-11-21(2,3)15-13-17-19-16(10-12-24-17)20(23)22(4,5)25-18(19)14-15/h13-14,16,20,23H,6-12H2,1-5H3. The Kier molecular flexibility index (Phi) is 5.07. The lowest BCUT2D eigenvalue weighted by Gasteiger charge is -2.45. The van der Waals surface area contributed by atoms with Gasteiger partial charge in [0.15, 0.2) is 0 Å². The Bertz CT molecular complexity index is 618. The van der Waals surface area contributed by atoms with Crippen LogP contribution in [0.5, 0.6) is 11.5 Å². The summed E-state index contributed by atoms with van der Waals surface area (Å²) in [5.74, 6) is 1.94. The fourth-order valence-electron chi connectivity index (χ4n) is 4.28. The van der Waals surface area contributed by atoms with Gasteiger partial charge in [-0.25, -0.2) is 0 Å². The Morgan fingerprint density at radius 3 is 2.60 bits per heavy atom. The highest BCUT2D eigenvalue weighted by molar-refractivity contribution is 5.54. The van der Waals surface area contributed by atoms with Crippen molar-refractivity contribution in [2.45, 2.75) is 96.2 Å². The van der Waals surface area contributed by atoms with E-state index in [2.05, 4.69) is 32.9 Å². The molecule has 0 aromatic heterocycles. The van der Waals surface area contributed by atoms with Crippen molar-refractivity contribution in [2.75, 3.05) is 6.61 Å². The van der Waals surface area contributed by atoms with Crippen LogP contribution in [-0.2, 0) is 5.41 Å². The first-order valence-electron chi connectivity index (χ1n) is 9.94.